The van der Waals surface area contributed by atoms with Crippen molar-refractivity contribution in [1.82, 2.24) is 0 Å². The minimum atomic E-state index is -0.396. The number of aldehydes is 1. The van der Waals surface area contributed by atoms with E-state index in [1.165, 1.54) is 0 Å². The van der Waals surface area contributed by atoms with Crippen LogP contribution in [-0.2, 0) is 16.8 Å². The first-order chi connectivity index (χ1) is 6.10. The monoisotopic (exact) mass is 177 g/mol. The minimum absolute atomic E-state index is 0.396. The minimum Gasteiger partial charge on any atom is -0.326 e. The highest BCUT2D eigenvalue weighted by Crippen LogP contribution is 2.20. The Hall–Kier alpha value is -1.15. The molecule has 0 saturated carbocycles. The number of hydrogen-bond donors (Lipinski definition) is 1. The average Bonchev–Trinajstić information content (AvgIpc) is 2.18. The van der Waals surface area contributed by atoms with E-state index in [1.54, 1.807) is 0 Å². The number of nitrogens with two attached hydrogens (primary N) is 1. The fourth-order valence-electron chi connectivity index (χ4n) is 1.14. The predicted octanol–water partition coefficient (Wildman–Crippen LogP) is 1.62. The molecule has 0 spiro atoms. The molecule has 0 bridgehead atoms. The van der Waals surface area contributed by atoms with Crippen LogP contribution in [0.4, 0.5) is 0 Å². The molecular weight excluding hydrogens is 162 g/mol. The second kappa shape index (κ2) is 3.71. The van der Waals surface area contributed by atoms with E-state index in [0.717, 1.165) is 17.4 Å². The van der Waals surface area contributed by atoms with Crippen molar-refractivity contribution in [3.63, 3.8) is 0 Å². The normalized spacial score (nSPS) is 11.3. The average molecular weight is 177 g/mol. The maximum absolute atomic E-state index is 10.8. The third-order valence-corrected chi connectivity index (χ3v) is 2.23. The van der Waals surface area contributed by atoms with Gasteiger partial charge in [-0.05, 0) is 25.0 Å². The van der Waals surface area contributed by atoms with Crippen LogP contribution >= 0.6 is 0 Å². The van der Waals surface area contributed by atoms with E-state index < -0.39 is 5.41 Å². The van der Waals surface area contributed by atoms with Crippen LogP contribution < -0.4 is 5.73 Å². The Morgan fingerprint density at radius 2 is 1.85 bits per heavy atom. The molecular formula is C11H15NO. The Bertz CT molecular complexity index is 287. The molecule has 0 unspecified atom stereocenters. The standard InChI is InChI=1S/C11H15NO/c1-11(2,8-13)10-5-3-9(7-12)4-6-10/h3-6,8H,7,12H2,1-2H3. The summed E-state index contributed by atoms with van der Waals surface area (Å²) in [4.78, 5) is 10.8. The van der Waals surface area contributed by atoms with E-state index in [2.05, 4.69) is 0 Å². The number of carbonyl (C=O) groups is 1. The lowest BCUT2D eigenvalue weighted by molar-refractivity contribution is -0.111. The zero-order valence-electron chi connectivity index (χ0n) is 8.08. The van der Waals surface area contributed by atoms with Crippen LogP contribution in [0.5, 0.6) is 0 Å². The SMILES string of the molecule is CC(C)(C=O)c1ccc(CN)cc1. The van der Waals surface area contributed by atoms with E-state index in [4.69, 9.17) is 5.73 Å². The van der Waals surface area contributed by atoms with Crippen molar-refractivity contribution in [3.8, 4) is 0 Å². The summed E-state index contributed by atoms with van der Waals surface area (Å²) in [5.74, 6) is 0. The van der Waals surface area contributed by atoms with Gasteiger partial charge in [0.25, 0.3) is 0 Å². The quantitative estimate of drug-likeness (QED) is 0.713. The van der Waals surface area contributed by atoms with Crippen molar-refractivity contribution in [2.75, 3.05) is 0 Å². The molecule has 0 aromatic heterocycles. The third-order valence-electron chi connectivity index (χ3n) is 2.23. The van der Waals surface area contributed by atoms with Gasteiger partial charge in [0.2, 0.25) is 0 Å². The molecule has 0 radical (unpaired) electrons. The topological polar surface area (TPSA) is 43.1 Å². The molecule has 1 aromatic rings. The van der Waals surface area contributed by atoms with Gasteiger partial charge in [-0.25, -0.2) is 0 Å². The van der Waals surface area contributed by atoms with Gasteiger partial charge >= 0.3 is 0 Å². The fraction of sp³-hybridized carbons (Fsp3) is 0.364. The second-order valence-corrected chi connectivity index (χ2v) is 3.74. The maximum Gasteiger partial charge on any atom is 0.129 e. The summed E-state index contributed by atoms with van der Waals surface area (Å²) in [7, 11) is 0. The van der Waals surface area contributed by atoms with Crippen molar-refractivity contribution < 1.29 is 4.79 Å². The van der Waals surface area contributed by atoms with Crippen LogP contribution in [0.1, 0.15) is 25.0 Å². The Morgan fingerprint density at radius 1 is 1.31 bits per heavy atom. The number of carbonyl (C=O) groups excluding carboxylic acids is 1. The Labute approximate surface area is 78.8 Å². The van der Waals surface area contributed by atoms with Crippen LogP contribution in [0.25, 0.3) is 0 Å². The van der Waals surface area contributed by atoms with Gasteiger partial charge in [0.1, 0.15) is 6.29 Å². The molecule has 0 atom stereocenters. The van der Waals surface area contributed by atoms with Gasteiger partial charge in [0.05, 0.1) is 0 Å². The predicted molar refractivity (Wildman–Crippen MR) is 53.4 cm³/mol. The summed E-state index contributed by atoms with van der Waals surface area (Å²) < 4.78 is 0. The van der Waals surface area contributed by atoms with Crippen molar-refractivity contribution >= 4 is 6.29 Å². The van der Waals surface area contributed by atoms with Crippen molar-refractivity contribution in [2.24, 2.45) is 5.73 Å². The molecule has 2 N–H and O–H groups in total. The molecule has 1 aromatic carbocycles. The van der Waals surface area contributed by atoms with Gasteiger partial charge in [-0.3, -0.25) is 0 Å². The summed E-state index contributed by atoms with van der Waals surface area (Å²) >= 11 is 0. The molecule has 0 heterocycles. The smallest absolute Gasteiger partial charge is 0.129 e. The van der Waals surface area contributed by atoms with Crippen LogP contribution in [0, 0.1) is 0 Å². The molecule has 13 heavy (non-hydrogen) atoms. The fourth-order valence-corrected chi connectivity index (χ4v) is 1.14. The summed E-state index contributed by atoms with van der Waals surface area (Å²) in [6.45, 7) is 4.34. The van der Waals surface area contributed by atoms with Gasteiger partial charge in [-0.15, -0.1) is 0 Å². The van der Waals surface area contributed by atoms with E-state index in [9.17, 15) is 4.79 Å². The van der Waals surface area contributed by atoms with Crippen LogP contribution in [0.3, 0.4) is 0 Å². The number of hydrogen-bond acceptors (Lipinski definition) is 2. The molecule has 70 valence electrons. The summed E-state index contributed by atoms with van der Waals surface area (Å²) in [6.07, 6.45) is 0.963. The van der Waals surface area contributed by atoms with E-state index in [0.29, 0.717) is 6.54 Å². The molecule has 0 aliphatic heterocycles. The highest BCUT2D eigenvalue weighted by Gasteiger charge is 2.18. The van der Waals surface area contributed by atoms with Crippen molar-refractivity contribution in [1.29, 1.82) is 0 Å². The first-order valence-electron chi connectivity index (χ1n) is 4.36. The Morgan fingerprint density at radius 3 is 2.23 bits per heavy atom. The Kier molecular flexibility index (Phi) is 2.83. The summed E-state index contributed by atoms with van der Waals surface area (Å²) in [5, 5.41) is 0. The van der Waals surface area contributed by atoms with Gasteiger partial charge in [-0.2, -0.15) is 0 Å². The third kappa shape index (κ3) is 2.16. The molecule has 0 aliphatic carbocycles. The van der Waals surface area contributed by atoms with E-state index in [1.807, 2.05) is 38.1 Å². The maximum atomic E-state index is 10.8. The highest BCUT2D eigenvalue weighted by molar-refractivity contribution is 5.67. The molecule has 2 nitrogen and oxygen atoms in total. The first-order valence-corrected chi connectivity index (χ1v) is 4.36. The lowest BCUT2D eigenvalue weighted by Gasteiger charge is -2.17. The van der Waals surface area contributed by atoms with Gasteiger partial charge in [-0.1, -0.05) is 24.3 Å². The second-order valence-electron chi connectivity index (χ2n) is 3.74. The Balaban J connectivity index is 2.98. The van der Waals surface area contributed by atoms with Crippen molar-refractivity contribution in [2.45, 2.75) is 25.8 Å². The molecule has 0 aliphatic rings. The lowest BCUT2D eigenvalue weighted by Crippen LogP contribution is -2.18. The van der Waals surface area contributed by atoms with Crippen molar-refractivity contribution in [3.05, 3.63) is 35.4 Å². The summed E-state index contributed by atoms with van der Waals surface area (Å²) in [5.41, 5.74) is 7.19. The van der Waals surface area contributed by atoms with Gasteiger partial charge in [0.15, 0.2) is 0 Å². The van der Waals surface area contributed by atoms with E-state index in [-0.39, 0.29) is 0 Å². The van der Waals surface area contributed by atoms with Gasteiger partial charge in [0, 0.05) is 12.0 Å². The van der Waals surface area contributed by atoms with Crippen LogP contribution in [0.2, 0.25) is 0 Å². The molecule has 0 saturated heterocycles. The van der Waals surface area contributed by atoms with Gasteiger partial charge < -0.3 is 10.5 Å². The first kappa shape index (κ1) is 9.93. The number of rotatable bonds is 3. The summed E-state index contributed by atoms with van der Waals surface area (Å²) in [6, 6.07) is 7.83. The van der Waals surface area contributed by atoms with Crippen LogP contribution in [0.15, 0.2) is 24.3 Å². The lowest BCUT2D eigenvalue weighted by atomic mass is 9.86. The largest absolute Gasteiger partial charge is 0.326 e. The molecule has 0 amide bonds. The van der Waals surface area contributed by atoms with E-state index >= 15 is 0 Å². The zero-order chi connectivity index (χ0) is 9.90. The highest BCUT2D eigenvalue weighted by atomic mass is 16.1. The molecule has 2 heteroatoms. The van der Waals surface area contributed by atoms with Crippen LogP contribution in [-0.4, -0.2) is 6.29 Å². The zero-order valence-corrected chi connectivity index (χ0v) is 8.08. The molecule has 1 rings (SSSR count). The number of benzene rings is 1. The molecule has 0 fully saturated rings.